The third-order valence-corrected chi connectivity index (χ3v) is 4.36. The number of nitrogens with one attached hydrogen (secondary N) is 2. The highest BCUT2D eigenvalue weighted by Crippen LogP contribution is 2.26. The summed E-state index contributed by atoms with van der Waals surface area (Å²) in [6, 6.07) is 5.37. The van der Waals surface area contributed by atoms with Gasteiger partial charge >= 0.3 is 0 Å². The molecule has 0 fully saturated rings. The molecule has 0 radical (unpaired) electrons. The fourth-order valence-electron chi connectivity index (χ4n) is 1.55. The zero-order valence-electron chi connectivity index (χ0n) is 11.1. The van der Waals surface area contributed by atoms with E-state index >= 15 is 0 Å². The molecule has 102 valence electrons. The van der Waals surface area contributed by atoms with Crippen molar-refractivity contribution in [2.24, 2.45) is 0 Å². The number of methoxy groups -OCH3 is 1. The second-order valence-corrected chi connectivity index (χ2v) is 6.32. The molecule has 2 N–H and O–H groups in total. The van der Waals surface area contributed by atoms with Crippen LogP contribution in [0.15, 0.2) is 18.2 Å². The van der Waals surface area contributed by atoms with Gasteiger partial charge in [0.1, 0.15) is 5.75 Å². The van der Waals surface area contributed by atoms with Gasteiger partial charge in [0.25, 0.3) is 0 Å². The van der Waals surface area contributed by atoms with Crippen LogP contribution in [0.5, 0.6) is 5.75 Å². The Hall–Kier alpha value is -1.27. The third-order valence-electron chi connectivity index (χ3n) is 2.63. The van der Waals surface area contributed by atoms with E-state index in [-0.39, 0.29) is 0 Å². The Labute approximate surface area is 109 Å². The first-order chi connectivity index (χ1) is 8.40. The molecule has 0 amide bonds. The van der Waals surface area contributed by atoms with Crippen LogP contribution < -0.4 is 14.8 Å². The summed E-state index contributed by atoms with van der Waals surface area (Å²) in [5, 5.41) is 2.33. The molecule has 5 nitrogen and oxygen atoms in total. The number of aryl methyl sites for hydroxylation is 1. The van der Waals surface area contributed by atoms with Crippen molar-refractivity contribution in [2.75, 3.05) is 25.4 Å². The van der Waals surface area contributed by atoms with Crippen LogP contribution in [0.1, 0.15) is 12.5 Å². The topological polar surface area (TPSA) is 67.4 Å². The van der Waals surface area contributed by atoms with E-state index < -0.39 is 15.3 Å². The van der Waals surface area contributed by atoms with Crippen molar-refractivity contribution in [3.05, 3.63) is 23.8 Å². The van der Waals surface area contributed by atoms with Gasteiger partial charge < -0.3 is 10.1 Å². The second-order valence-electron chi connectivity index (χ2n) is 4.22. The number of benzene rings is 1. The van der Waals surface area contributed by atoms with E-state index in [1.165, 1.54) is 7.11 Å². The maximum absolute atomic E-state index is 12.1. The molecule has 0 bridgehead atoms. The molecular weight excluding hydrogens is 252 g/mol. The quantitative estimate of drug-likeness (QED) is 0.820. The molecule has 0 saturated carbocycles. The van der Waals surface area contributed by atoms with Gasteiger partial charge in [-0.15, -0.1) is 0 Å². The first-order valence-corrected chi connectivity index (χ1v) is 7.26. The monoisotopic (exact) mass is 272 g/mol. The van der Waals surface area contributed by atoms with Gasteiger partial charge in [-0.3, -0.25) is 4.72 Å². The average molecular weight is 272 g/mol. The summed E-state index contributed by atoms with van der Waals surface area (Å²) in [5.41, 5.74) is 1.44. The molecule has 1 rings (SSSR count). The lowest BCUT2D eigenvalue weighted by atomic mass is 10.2. The predicted molar refractivity (Wildman–Crippen MR) is 73.7 cm³/mol. The lowest BCUT2D eigenvalue weighted by Gasteiger charge is -2.16. The SMILES string of the molecule is CNCC(C)S(=O)(=O)Nc1cc(C)ccc1OC. The maximum atomic E-state index is 12.1. The van der Waals surface area contributed by atoms with Crippen molar-refractivity contribution in [3.63, 3.8) is 0 Å². The predicted octanol–water partition coefficient (Wildman–Crippen LogP) is 1.35. The number of sulfonamides is 1. The van der Waals surface area contributed by atoms with Crippen LogP contribution >= 0.6 is 0 Å². The molecule has 1 aromatic rings. The first kappa shape index (κ1) is 14.8. The molecule has 0 spiro atoms. The van der Waals surface area contributed by atoms with Crippen molar-refractivity contribution in [1.29, 1.82) is 0 Å². The number of hydrogen-bond acceptors (Lipinski definition) is 4. The van der Waals surface area contributed by atoms with Crippen molar-refractivity contribution >= 4 is 15.7 Å². The van der Waals surface area contributed by atoms with Crippen molar-refractivity contribution in [1.82, 2.24) is 5.32 Å². The van der Waals surface area contributed by atoms with Gasteiger partial charge in [-0.1, -0.05) is 6.07 Å². The Bertz CT molecular complexity index is 500. The summed E-state index contributed by atoms with van der Waals surface area (Å²) < 4.78 is 31.8. The van der Waals surface area contributed by atoms with Crippen LogP contribution in [0.4, 0.5) is 5.69 Å². The normalized spacial score (nSPS) is 13.1. The van der Waals surface area contributed by atoms with Gasteiger partial charge in [0.05, 0.1) is 18.0 Å². The lowest BCUT2D eigenvalue weighted by Crippen LogP contribution is -2.33. The highest BCUT2D eigenvalue weighted by atomic mass is 32.2. The molecule has 1 unspecified atom stereocenters. The summed E-state index contributed by atoms with van der Waals surface area (Å²) in [6.07, 6.45) is 0. The standard InChI is InChI=1S/C12H20N2O3S/c1-9-5-6-12(17-4)11(7-9)14-18(15,16)10(2)8-13-3/h5-7,10,13-14H,8H2,1-4H3. The van der Waals surface area contributed by atoms with Crippen LogP contribution in [-0.4, -0.2) is 34.4 Å². The number of anilines is 1. The van der Waals surface area contributed by atoms with Crippen molar-refractivity contribution in [3.8, 4) is 5.75 Å². The van der Waals surface area contributed by atoms with Crippen LogP contribution in [0.3, 0.4) is 0 Å². The zero-order valence-corrected chi connectivity index (χ0v) is 12.0. The highest BCUT2D eigenvalue weighted by Gasteiger charge is 2.21. The summed E-state index contributed by atoms with van der Waals surface area (Å²) in [6.45, 7) is 3.94. The minimum absolute atomic E-state index is 0.392. The molecule has 1 aromatic carbocycles. The van der Waals surface area contributed by atoms with Gasteiger partial charge in [0.15, 0.2) is 0 Å². The molecule has 0 aliphatic carbocycles. The third kappa shape index (κ3) is 3.61. The largest absolute Gasteiger partial charge is 0.495 e. The van der Waals surface area contributed by atoms with E-state index in [2.05, 4.69) is 10.0 Å². The minimum atomic E-state index is -3.42. The Balaban J connectivity index is 3.00. The van der Waals surface area contributed by atoms with E-state index in [0.717, 1.165) is 5.56 Å². The van der Waals surface area contributed by atoms with E-state index in [9.17, 15) is 8.42 Å². The van der Waals surface area contributed by atoms with E-state index in [4.69, 9.17) is 4.74 Å². The Morgan fingerprint density at radius 3 is 2.61 bits per heavy atom. The van der Waals surface area contributed by atoms with E-state index in [0.29, 0.717) is 18.0 Å². The average Bonchev–Trinajstić information content (AvgIpc) is 2.29. The fraction of sp³-hybridized carbons (Fsp3) is 0.500. The Morgan fingerprint density at radius 2 is 2.06 bits per heavy atom. The molecular formula is C12H20N2O3S. The van der Waals surface area contributed by atoms with Crippen molar-refractivity contribution in [2.45, 2.75) is 19.1 Å². The number of ether oxygens (including phenoxy) is 1. The van der Waals surface area contributed by atoms with E-state index in [1.54, 1.807) is 26.1 Å². The fourth-order valence-corrected chi connectivity index (χ4v) is 2.61. The van der Waals surface area contributed by atoms with Crippen molar-refractivity contribution < 1.29 is 13.2 Å². The van der Waals surface area contributed by atoms with E-state index in [1.807, 2.05) is 13.0 Å². The summed E-state index contributed by atoms with van der Waals surface area (Å²) in [4.78, 5) is 0. The van der Waals surface area contributed by atoms with Gasteiger partial charge in [0, 0.05) is 6.54 Å². The van der Waals surface area contributed by atoms with Crippen LogP contribution in [0.2, 0.25) is 0 Å². The molecule has 0 heterocycles. The molecule has 1 atom stereocenters. The van der Waals surface area contributed by atoms with Gasteiger partial charge in [-0.25, -0.2) is 8.42 Å². The summed E-state index contributed by atoms with van der Waals surface area (Å²) in [7, 11) is -0.182. The maximum Gasteiger partial charge on any atom is 0.236 e. The summed E-state index contributed by atoms with van der Waals surface area (Å²) in [5.74, 6) is 0.515. The molecule has 6 heteroatoms. The molecule has 0 aromatic heterocycles. The minimum Gasteiger partial charge on any atom is -0.495 e. The van der Waals surface area contributed by atoms with Gasteiger partial charge in [-0.2, -0.15) is 0 Å². The summed E-state index contributed by atoms with van der Waals surface area (Å²) >= 11 is 0. The van der Waals surface area contributed by atoms with Gasteiger partial charge in [0.2, 0.25) is 10.0 Å². The number of hydrogen-bond donors (Lipinski definition) is 2. The Kier molecular flexibility index (Phi) is 4.98. The smallest absolute Gasteiger partial charge is 0.236 e. The molecule has 0 aliphatic heterocycles. The molecule has 18 heavy (non-hydrogen) atoms. The van der Waals surface area contributed by atoms with Gasteiger partial charge in [-0.05, 0) is 38.6 Å². The molecule has 0 aliphatic rings. The highest BCUT2D eigenvalue weighted by molar-refractivity contribution is 7.93. The first-order valence-electron chi connectivity index (χ1n) is 5.71. The van der Waals surface area contributed by atoms with Crippen LogP contribution in [-0.2, 0) is 10.0 Å². The lowest BCUT2D eigenvalue weighted by molar-refractivity contribution is 0.416. The van der Waals surface area contributed by atoms with Crippen LogP contribution in [0, 0.1) is 6.92 Å². The Morgan fingerprint density at radius 1 is 1.39 bits per heavy atom. The number of rotatable bonds is 6. The molecule has 0 saturated heterocycles. The zero-order chi connectivity index (χ0) is 13.8. The van der Waals surface area contributed by atoms with Crippen LogP contribution in [0.25, 0.3) is 0 Å². The second kappa shape index (κ2) is 6.06.